The predicted octanol–water partition coefficient (Wildman–Crippen LogP) is 5.19. The van der Waals surface area contributed by atoms with Crippen molar-refractivity contribution >= 4 is 34.7 Å². The number of rotatable bonds is 10. The molecule has 1 aromatic carbocycles. The van der Waals surface area contributed by atoms with Crippen molar-refractivity contribution in [1.82, 2.24) is 14.8 Å². The number of allylic oxidation sites excluding steroid dienone is 1. The lowest BCUT2D eigenvalue weighted by Crippen LogP contribution is -2.15. The lowest BCUT2D eigenvalue weighted by atomic mass is 10.1. The summed E-state index contributed by atoms with van der Waals surface area (Å²) in [5.74, 6) is 1.58. The quantitative estimate of drug-likeness (QED) is 0.345. The van der Waals surface area contributed by atoms with Gasteiger partial charge < -0.3 is 10.1 Å². The number of thiophene rings is 1. The summed E-state index contributed by atoms with van der Waals surface area (Å²) in [6.45, 7) is 11.2. The largest absolute Gasteiger partial charge is 0.492 e. The zero-order valence-electron chi connectivity index (χ0n) is 17.5. The fourth-order valence-electron chi connectivity index (χ4n) is 3.16. The molecule has 6 nitrogen and oxygen atoms in total. The fourth-order valence-corrected chi connectivity index (χ4v) is 4.85. The molecule has 0 saturated heterocycles. The SMILES string of the molecule is C=CCn1c(SCC(=O)Nc2ccccc2OCC)nnc1-c1csc(C)c1CC. The van der Waals surface area contributed by atoms with Gasteiger partial charge in [-0.05, 0) is 38.0 Å². The summed E-state index contributed by atoms with van der Waals surface area (Å²) >= 11 is 3.08. The normalized spacial score (nSPS) is 10.8. The summed E-state index contributed by atoms with van der Waals surface area (Å²) < 4.78 is 7.58. The molecule has 158 valence electrons. The van der Waals surface area contributed by atoms with E-state index in [1.165, 1.54) is 22.2 Å². The van der Waals surface area contributed by atoms with Gasteiger partial charge in [0.25, 0.3) is 0 Å². The summed E-state index contributed by atoms with van der Waals surface area (Å²) in [6, 6.07) is 7.42. The molecule has 1 amide bonds. The molecule has 0 bridgehead atoms. The van der Waals surface area contributed by atoms with Crippen LogP contribution in [-0.2, 0) is 17.8 Å². The van der Waals surface area contributed by atoms with Crippen molar-refractivity contribution in [2.75, 3.05) is 17.7 Å². The standard InChI is InChI=1S/C22H26N4O2S2/c1-5-12-26-21(17-13-29-15(4)16(17)6-2)24-25-22(26)30-14-20(27)23-18-10-8-9-11-19(18)28-7-3/h5,8-11,13H,1,6-7,12,14H2,2-4H3,(H,23,27). The Bertz CT molecular complexity index is 1030. The number of aryl methyl sites for hydroxylation is 1. The Kier molecular flexibility index (Phi) is 7.70. The van der Waals surface area contributed by atoms with Crippen molar-refractivity contribution in [1.29, 1.82) is 0 Å². The van der Waals surface area contributed by atoms with Crippen LogP contribution in [0, 0.1) is 6.92 Å². The van der Waals surface area contributed by atoms with Crippen LogP contribution in [0.25, 0.3) is 11.4 Å². The van der Waals surface area contributed by atoms with E-state index >= 15 is 0 Å². The molecule has 0 aliphatic rings. The van der Waals surface area contributed by atoms with Crippen LogP contribution in [0.4, 0.5) is 5.69 Å². The number of hydrogen-bond donors (Lipinski definition) is 1. The number of aromatic nitrogens is 3. The molecule has 0 radical (unpaired) electrons. The van der Waals surface area contributed by atoms with Crippen LogP contribution < -0.4 is 10.1 Å². The molecular weight excluding hydrogens is 416 g/mol. The Balaban J connectivity index is 1.75. The molecule has 2 heterocycles. The lowest BCUT2D eigenvalue weighted by Gasteiger charge is -2.11. The second-order valence-electron chi connectivity index (χ2n) is 6.51. The minimum atomic E-state index is -0.123. The van der Waals surface area contributed by atoms with E-state index in [1.807, 2.05) is 41.8 Å². The minimum Gasteiger partial charge on any atom is -0.492 e. The summed E-state index contributed by atoms with van der Waals surface area (Å²) in [4.78, 5) is 13.8. The smallest absolute Gasteiger partial charge is 0.234 e. The first kappa shape index (κ1) is 22.1. The molecule has 3 aromatic rings. The first-order valence-corrected chi connectivity index (χ1v) is 11.7. The van der Waals surface area contributed by atoms with E-state index in [0.29, 0.717) is 29.7 Å². The average molecular weight is 443 g/mol. The molecule has 30 heavy (non-hydrogen) atoms. The summed E-state index contributed by atoms with van der Waals surface area (Å²) in [7, 11) is 0. The zero-order valence-corrected chi connectivity index (χ0v) is 19.1. The highest BCUT2D eigenvalue weighted by Crippen LogP contribution is 2.33. The molecule has 0 aliphatic heterocycles. The second-order valence-corrected chi connectivity index (χ2v) is 8.54. The van der Waals surface area contributed by atoms with E-state index in [1.54, 1.807) is 11.3 Å². The third kappa shape index (κ3) is 4.94. The molecule has 0 aliphatic carbocycles. The van der Waals surface area contributed by atoms with Gasteiger partial charge in [0.1, 0.15) is 5.75 Å². The third-order valence-corrected chi connectivity index (χ3v) is 6.44. The van der Waals surface area contributed by atoms with Crippen LogP contribution in [0.15, 0.2) is 47.5 Å². The van der Waals surface area contributed by atoms with Crippen molar-refractivity contribution < 1.29 is 9.53 Å². The first-order valence-electron chi connectivity index (χ1n) is 9.84. The predicted molar refractivity (Wildman–Crippen MR) is 125 cm³/mol. The molecule has 0 atom stereocenters. The number of anilines is 1. The van der Waals surface area contributed by atoms with E-state index in [2.05, 4.69) is 41.3 Å². The van der Waals surface area contributed by atoms with Crippen molar-refractivity contribution in [3.8, 4) is 17.1 Å². The third-order valence-electron chi connectivity index (χ3n) is 4.52. The van der Waals surface area contributed by atoms with Gasteiger partial charge in [-0.2, -0.15) is 0 Å². The lowest BCUT2D eigenvalue weighted by molar-refractivity contribution is -0.113. The summed E-state index contributed by atoms with van der Waals surface area (Å²) in [5.41, 5.74) is 3.07. The summed E-state index contributed by atoms with van der Waals surface area (Å²) in [6.07, 6.45) is 2.76. The van der Waals surface area contributed by atoms with Crippen LogP contribution in [0.2, 0.25) is 0 Å². The molecule has 0 fully saturated rings. The van der Waals surface area contributed by atoms with Crippen molar-refractivity contribution in [3.05, 3.63) is 52.7 Å². The summed E-state index contributed by atoms with van der Waals surface area (Å²) in [5, 5.41) is 14.5. The number of benzene rings is 1. The van der Waals surface area contributed by atoms with Gasteiger partial charge in [-0.1, -0.05) is 36.9 Å². The van der Waals surface area contributed by atoms with Gasteiger partial charge in [-0.15, -0.1) is 28.1 Å². The van der Waals surface area contributed by atoms with Gasteiger partial charge in [-0.3, -0.25) is 9.36 Å². The van der Waals surface area contributed by atoms with Crippen LogP contribution in [0.1, 0.15) is 24.3 Å². The van der Waals surface area contributed by atoms with Gasteiger partial charge in [0.05, 0.1) is 18.0 Å². The van der Waals surface area contributed by atoms with Gasteiger partial charge in [-0.25, -0.2) is 0 Å². The Hall–Kier alpha value is -2.58. The van der Waals surface area contributed by atoms with Gasteiger partial charge >= 0.3 is 0 Å². The Labute approximate surface area is 185 Å². The molecule has 0 saturated carbocycles. The number of hydrogen-bond acceptors (Lipinski definition) is 6. The molecule has 0 spiro atoms. The Morgan fingerprint density at radius 3 is 2.87 bits per heavy atom. The maximum absolute atomic E-state index is 12.5. The van der Waals surface area contributed by atoms with Crippen LogP contribution in [0.5, 0.6) is 5.75 Å². The van der Waals surface area contributed by atoms with E-state index < -0.39 is 0 Å². The number of ether oxygens (including phenoxy) is 1. The molecule has 2 aromatic heterocycles. The van der Waals surface area contributed by atoms with E-state index in [4.69, 9.17) is 4.74 Å². The van der Waals surface area contributed by atoms with E-state index in [0.717, 1.165) is 17.8 Å². The van der Waals surface area contributed by atoms with Crippen LogP contribution in [0.3, 0.4) is 0 Å². The number of carbonyl (C=O) groups is 1. The Morgan fingerprint density at radius 2 is 2.13 bits per heavy atom. The van der Waals surface area contributed by atoms with Crippen LogP contribution in [-0.4, -0.2) is 33.0 Å². The van der Waals surface area contributed by atoms with Crippen molar-refractivity contribution in [3.63, 3.8) is 0 Å². The number of nitrogens with one attached hydrogen (secondary N) is 1. The van der Waals surface area contributed by atoms with Crippen LogP contribution >= 0.6 is 23.1 Å². The number of carbonyl (C=O) groups excluding carboxylic acids is 1. The molecule has 8 heteroatoms. The van der Waals surface area contributed by atoms with Crippen molar-refractivity contribution in [2.24, 2.45) is 0 Å². The maximum Gasteiger partial charge on any atom is 0.234 e. The first-order chi connectivity index (χ1) is 14.6. The monoisotopic (exact) mass is 442 g/mol. The molecule has 0 unspecified atom stereocenters. The topological polar surface area (TPSA) is 69.0 Å². The number of amides is 1. The van der Waals surface area contributed by atoms with E-state index in [-0.39, 0.29) is 11.7 Å². The van der Waals surface area contributed by atoms with Gasteiger partial charge in [0.2, 0.25) is 5.91 Å². The zero-order chi connectivity index (χ0) is 21.5. The average Bonchev–Trinajstić information content (AvgIpc) is 3.31. The highest BCUT2D eigenvalue weighted by molar-refractivity contribution is 7.99. The number of nitrogens with zero attached hydrogens (tertiary/aromatic N) is 3. The second kappa shape index (κ2) is 10.4. The number of para-hydroxylation sites is 2. The molecular formula is C22H26N4O2S2. The van der Waals surface area contributed by atoms with Crippen molar-refractivity contribution in [2.45, 2.75) is 38.9 Å². The van der Waals surface area contributed by atoms with Gasteiger partial charge in [0, 0.05) is 22.4 Å². The number of thioether (sulfide) groups is 1. The van der Waals surface area contributed by atoms with E-state index in [9.17, 15) is 4.79 Å². The highest BCUT2D eigenvalue weighted by Gasteiger charge is 2.19. The minimum absolute atomic E-state index is 0.123. The molecule has 1 N–H and O–H groups in total. The van der Waals surface area contributed by atoms with Gasteiger partial charge in [0.15, 0.2) is 11.0 Å². The fraction of sp³-hybridized carbons (Fsp3) is 0.318. The highest BCUT2D eigenvalue weighted by atomic mass is 32.2. The molecule has 3 rings (SSSR count). The Morgan fingerprint density at radius 1 is 1.33 bits per heavy atom. The maximum atomic E-state index is 12.5.